The van der Waals surface area contributed by atoms with Gasteiger partial charge in [-0.3, -0.25) is 0 Å². The van der Waals surface area contributed by atoms with Gasteiger partial charge in [-0.15, -0.1) is 5.10 Å². The lowest BCUT2D eigenvalue weighted by molar-refractivity contribution is 0.0520. The molecule has 0 unspecified atom stereocenters. The van der Waals surface area contributed by atoms with Gasteiger partial charge in [0.05, 0.1) is 19.3 Å². The Labute approximate surface area is 97.0 Å². The molecule has 0 saturated heterocycles. The van der Waals surface area contributed by atoms with E-state index >= 15 is 0 Å². The molecule has 90 valence electrons. The number of esters is 1. The lowest BCUT2D eigenvalue weighted by Gasteiger charge is -1.98. The predicted octanol–water partition coefficient (Wildman–Crippen LogP) is 0.260. The van der Waals surface area contributed by atoms with Crippen LogP contribution in [-0.4, -0.2) is 43.0 Å². The first-order chi connectivity index (χ1) is 8.26. The minimum atomic E-state index is -0.526. The molecule has 0 atom stereocenters. The number of H-pyrrole nitrogens is 1. The number of nitrogens with one attached hydrogen (secondary N) is 1. The molecule has 0 aliphatic carbocycles. The van der Waals surface area contributed by atoms with Gasteiger partial charge in [-0.05, 0) is 13.8 Å². The van der Waals surface area contributed by atoms with Crippen molar-refractivity contribution >= 4 is 5.97 Å². The van der Waals surface area contributed by atoms with E-state index in [1.165, 1.54) is 11.0 Å². The number of hydrogen-bond acceptors (Lipinski definition) is 6. The van der Waals surface area contributed by atoms with Crippen molar-refractivity contribution in [3.05, 3.63) is 11.9 Å². The number of aromatic amines is 1. The number of hydrogen-bond donors (Lipinski definition) is 1. The van der Waals surface area contributed by atoms with Crippen molar-refractivity contribution in [2.45, 2.75) is 20.4 Å². The fourth-order valence-electron chi connectivity index (χ4n) is 1.31. The highest BCUT2D eigenvalue weighted by Gasteiger charge is 2.20. The molecule has 17 heavy (non-hydrogen) atoms. The van der Waals surface area contributed by atoms with Gasteiger partial charge in [-0.1, -0.05) is 0 Å². The highest BCUT2D eigenvalue weighted by molar-refractivity contribution is 5.93. The van der Waals surface area contributed by atoms with Crippen LogP contribution in [0.15, 0.2) is 6.20 Å². The molecule has 8 nitrogen and oxygen atoms in total. The van der Waals surface area contributed by atoms with E-state index in [0.29, 0.717) is 17.9 Å². The summed E-state index contributed by atoms with van der Waals surface area (Å²) >= 11 is 0. The summed E-state index contributed by atoms with van der Waals surface area (Å²) in [6.45, 7) is 4.57. The van der Waals surface area contributed by atoms with E-state index in [9.17, 15) is 4.79 Å². The number of nitrogens with zero attached hydrogens (tertiary/aromatic N) is 5. The second-order valence-electron chi connectivity index (χ2n) is 3.16. The molecular formula is C9H12N6O2. The van der Waals surface area contributed by atoms with Crippen molar-refractivity contribution in [1.29, 1.82) is 0 Å². The SMILES string of the molecule is CCOC(=O)c1n[nH]nc1-c1cnn(CC)n1. The monoisotopic (exact) mass is 236 g/mol. The summed E-state index contributed by atoms with van der Waals surface area (Å²) in [7, 11) is 0. The molecule has 0 bridgehead atoms. The van der Waals surface area contributed by atoms with Crippen molar-refractivity contribution in [3.63, 3.8) is 0 Å². The van der Waals surface area contributed by atoms with Crippen LogP contribution in [0.2, 0.25) is 0 Å². The van der Waals surface area contributed by atoms with E-state index in [-0.39, 0.29) is 12.3 Å². The highest BCUT2D eigenvalue weighted by Crippen LogP contribution is 2.16. The average Bonchev–Trinajstić information content (AvgIpc) is 2.97. The number of ether oxygens (including phenoxy) is 1. The summed E-state index contributed by atoms with van der Waals surface area (Å²) in [5, 5.41) is 18.2. The first-order valence-corrected chi connectivity index (χ1v) is 5.24. The number of carbonyl (C=O) groups excluding carboxylic acids is 1. The summed E-state index contributed by atoms with van der Waals surface area (Å²) in [5.41, 5.74) is 0.960. The Bertz CT molecular complexity index is 517. The normalized spacial score (nSPS) is 10.5. The zero-order chi connectivity index (χ0) is 12.3. The quantitative estimate of drug-likeness (QED) is 0.764. The smallest absolute Gasteiger partial charge is 0.361 e. The van der Waals surface area contributed by atoms with Gasteiger partial charge < -0.3 is 4.74 Å². The molecule has 0 aliphatic heterocycles. The third-order valence-electron chi connectivity index (χ3n) is 2.08. The molecule has 0 fully saturated rings. The second kappa shape index (κ2) is 4.73. The summed E-state index contributed by atoms with van der Waals surface area (Å²) in [6, 6.07) is 0. The van der Waals surface area contributed by atoms with Gasteiger partial charge in [0.15, 0.2) is 5.69 Å². The second-order valence-corrected chi connectivity index (χ2v) is 3.16. The molecule has 2 heterocycles. The van der Waals surface area contributed by atoms with Crippen LogP contribution < -0.4 is 0 Å². The molecule has 0 radical (unpaired) electrons. The average molecular weight is 236 g/mol. The van der Waals surface area contributed by atoms with Crippen molar-refractivity contribution in [3.8, 4) is 11.4 Å². The molecule has 2 aromatic heterocycles. The van der Waals surface area contributed by atoms with Gasteiger partial charge in [-0.25, -0.2) is 4.79 Å². The van der Waals surface area contributed by atoms with Crippen LogP contribution in [0, 0.1) is 0 Å². The molecule has 2 aromatic rings. The van der Waals surface area contributed by atoms with Crippen molar-refractivity contribution < 1.29 is 9.53 Å². The molecule has 8 heteroatoms. The molecule has 0 spiro atoms. The third kappa shape index (κ3) is 2.14. The largest absolute Gasteiger partial charge is 0.461 e. The Morgan fingerprint density at radius 2 is 2.29 bits per heavy atom. The fraction of sp³-hybridized carbons (Fsp3) is 0.444. The number of carbonyl (C=O) groups is 1. The van der Waals surface area contributed by atoms with Crippen LogP contribution in [0.1, 0.15) is 24.3 Å². The number of rotatable bonds is 4. The van der Waals surface area contributed by atoms with Gasteiger partial charge in [0.25, 0.3) is 0 Å². The predicted molar refractivity (Wildman–Crippen MR) is 57.0 cm³/mol. The van der Waals surface area contributed by atoms with Crippen LogP contribution in [0.5, 0.6) is 0 Å². The van der Waals surface area contributed by atoms with E-state index in [1.54, 1.807) is 6.92 Å². The van der Waals surface area contributed by atoms with Gasteiger partial charge in [0.1, 0.15) is 11.4 Å². The van der Waals surface area contributed by atoms with Gasteiger partial charge in [-0.2, -0.15) is 25.3 Å². The molecule has 1 N–H and O–H groups in total. The lowest BCUT2D eigenvalue weighted by Crippen LogP contribution is -2.07. The van der Waals surface area contributed by atoms with E-state index in [2.05, 4.69) is 25.6 Å². The van der Waals surface area contributed by atoms with Crippen LogP contribution in [0.3, 0.4) is 0 Å². The molecule has 0 amide bonds. The van der Waals surface area contributed by atoms with Crippen LogP contribution in [0.4, 0.5) is 0 Å². The van der Waals surface area contributed by atoms with Crippen molar-refractivity contribution in [2.75, 3.05) is 6.61 Å². The maximum absolute atomic E-state index is 11.6. The van der Waals surface area contributed by atoms with Gasteiger partial charge in [0, 0.05) is 0 Å². The van der Waals surface area contributed by atoms with Crippen LogP contribution >= 0.6 is 0 Å². The first kappa shape index (κ1) is 11.2. The summed E-state index contributed by atoms with van der Waals surface area (Å²) < 4.78 is 4.87. The third-order valence-corrected chi connectivity index (χ3v) is 2.08. The van der Waals surface area contributed by atoms with Crippen LogP contribution in [-0.2, 0) is 11.3 Å². The lowest BCUT2D eigenvalue weighted by atomic mass is 10.2. The van der Waals surface area contributed by atoms with Crippen molar-refractivity contribution in [2.24, 2.45) is 0 Å². The Balaban J connectivity index is 2.33. The van der Waals surface area contributed by atoms with E-state index in [0.717, 1.165) is 0 Å². The van der Waals surface area contributed by atoms with E-state index in [1.807, 2.05) is 6.92 Å². The number of aryl methyl sites for hydroxylation is 1. The number of aromatic nitrogens is 6. The van der Waals surface area contributed by atoms with E-state index < -0.39 is 5.97 Å². The zero-order valence-corrected chi connectivity index (χ0v) is 9.54. The Kier molecular flexibility index (Phi) is 3.12. The summed E-state index contributed by atoms with van der Waals surface area (Å²) in [5.74, 6) is -0.526. The topological polar surface area (TPSA) is 98.6 Å². The van der Waals surface area contributed by atoms with Crippen molar-refractivity contribution in [1.82, 2.24) is 30.4 Å². The molecule has 2 rings (SSSR count). The minimum Gasteiger partial charge on any atom is -0.461 e. The first-order valence-electron chi connectivity index (χ1n) is 5.24. The minimum absolute atomic E-state index is 0.120. The molecule has 0 aromatic carbocycles. The Hall–Kier alpha value is -2.25. The summed E-state index contributed by atoms with van der Waals surface area (Å²) in [6.07, 6.45) is 1.53. The maximum Gasteiger partial charge on any atom is 0.361 e. The van der Waals surface area contributed by atoms with Gasteiger partial charge in [0.2, 0.25) is 0 Å². The Morgan fingerprint density at radius 1 is 1.47 bits per heavy atom. The van der Waals surface area contributed by atoms with E-state index in [4.69, 9.17) is 4.74 Å². The zero-order valence-electron chi connectivity index (χ0n) is 9.54. The van der Waals surface area contributed by atoms with Gasteiger partial charge >= 0.3 is 5.97 Å². The molecular weight excluding hydrogens is 224 g/mol. The molecule has 0 aliphatic rings. The fourth-order valence-corrected chi connectivity index (χ4v) is 1.31. The van der Waals surface area contributed by atoms with Crippen LogP contribution in [0.25, 0.3) is 11.4 Å². The molecule has 0 saturated carbocycles. The Morgan fingerprint density at radius 3 is 2.94 bits per heavy atom. The maximum atomic E-state index is 11.6. The standard InChI is InChI=1S/C9H12N6O2/c1-3-15-10-5-6(13-15)7-8(12-14-11-7)9(16)17-4-2/h5H,3-4H2,1-2H3,(H,11,12,14). The highest BCUT2D eigenvalue weighted by atomic mass is 16.5. The summed E-state index contributed by atoms with van der Waals surface area (Å²) in [4.78, 5) is 13.1.